The molecule has 0 aliphatic carbocycles. The van der Waals surface area contributed by atoms with E-state index < -0.39 is 14.9 Å². The maximum Gasteiger partial charge on any atom is 0.269 e. The molecule has 1 fully saturated rings. The van der Waals surface area contributed by atoms with E-state index in [-0.39, 0.29) is 17.5 Å². The van der Waals surface area contributed by atoms with Gasteiger partial charge in [-0.05, 0) is 29.9 Å². The molecule has 23 heavy (non-hydrogen) atoms. The molecule has 0 bridgehead atoms. The van der Waals surface area contributed by atoms with E-state index in [0.717, 1.165) is 17.7 Å². The molecule has 1 atom stereocenters. The Morgan fingerprint density at radius 1 is 1.26 bits per heavy atom. The van der Waals surface area contributed by atoms with Gasteiger partial charge in [0.05, 0.1) is 16.7 Å². The summed E-state index contributed by atoms with van der Waals surface area (Å²) in [6.45, 7) is 0.526. The Kier molecular flexibility index (Phi) is 4.47. The molecular weight excluding hydrogens is 336 g/mol. The fraction of sp³-hybridized carbons (Fsp3) is 0.333. The molecule has 1 saturated heterocycles. The first-order valence-corrected chi connectivity index (χ1v) is 9.72. The summed E-state index contributed by atoms with van der Waals surface area (Å²) < 4.78 is 27.0. The first kappa shape index (κ1) is 16.1. The molecule has 2 heterocycles. The molecule has 1 aromatic carbocycles. The van der Waals surface area contributed by atoms with Gasteiger partial charge in [-0.3, -0.25) is 10.1 Å². The lowest BCUT2D eigenvalue weighted by Gasteiger charge is -2.23. The predicted octanol–water partition coefficient (Wildman–Crippen LogP) is 3.32. The van der Waals surface area contributed by atoms with E-state index in [0.29, 0.717) is 12.1 Å². The molecular formula is C15H16N2O4S2. The molecule has 8 heteroatoms. The molecule has 2 aromatic rings. The molecule has 6 nitrogen and oxygen atoms in total. The summed E-state index contributed by atoms with van der Waals surface area (Å²) in [4.78, 5) is 11.2. The summed E-state index contributed by atoms with van der Waals surface area (Å²) in [6.07, 6.45) is 1.68. The quantitative estimate of drug-likeness (QED) is 0.611. The SMILES string of the molecule is O=[N+]([O-])c1ccc(CS(=O)(=O)N2CCCC2c2cccs2)cc1. The third kappa shape index (κ3) is 3.44. The number of non-ortho nitro benzene ring substituents is 1. The van der Waals surface area contributed by atoms with Crippen molar-refractivity contribution >= 4 is 27.0 Å². The average Bonchev–Trinajstić information content (AvgIpc) is 3.18. The van der Waals surface area contributed by atoms with E-state index in [2.05, 4.69) is 0 Å². The second kappa shape index (κ2) is 6.38. The van der Waals surface area contributed by atoms with Crippen LogP contribution in [0.4, 0.5) is 5.69 Å². The Balaban J connectivity index is 1.79. The molecule has 1 aliphatic heterocycles. The zero-order valence-electron chi connectivity index (χ0n) is 12.3. The molecule has 1 aliphatic rings. The number of rotatable bonds is 5. The first-order chi connectivity index (χ1) is 11.0. The summed E-state index contributed by atoms with van der Waals surface area (Å²) in [7, 11) is -3.45. The highest BCUT2D eigenvalue weighted by atomic mass is 32.2. The summed E-state index contributed by atoms with van der Waals surface area (Å²) >= 11 is 1.57. The van der Waals surface area contributed by atoms with Crippen molar-refractivity contribution in [1.82, 2.24) is 4.31 Å². The van der Waals surface area contributed by atoms with Gasteiger partial charge in [-0.15, -0.1) is 11.3 Å². The Hall–Kier alpha value is -1.77. The Morgan fingerprint density at radius 3 is 2.61 bits per heavy atom. The zero-order chi connectivity index (χ0) is 16.4. The number of benzene rings is 1. The lowest BCUT2D eigenvalue weighted by atomic mass is 10.2. The van der Waals surface area contributed by atoms with Gasteiger partial charge in [0.25, 0.3) is 5.69 Å². The van der Waals surface area contributed by atoms with E-state index in [1.165, 1.54) is 24.3 Å². The van der Waals surface area contributed by atoms with Crippen molar-refractivity contribution in [2.24, 2.45) is 0 Å². The highest BCUT2D eigenvalue weighted by Gasteiger charge is 2.35. The van der Waals surface area contributed by atoms with Crippen LogP contribution in [-0.2, 0) is 15.8 Å². The van der Waals surface area contributed by atoms with Crippen LogP contribution < -0.4 is 0 Å². The lowest BCUT2D eigenvalue weighted by molar-refractivity contribution is -0.384. The van der Waals surface area contributed by atoms with Gasteiger partial charge in [-0.2, -0.15) is 4.31 Å². The van der Waals surface area contributed by atoms with Crippen molar-refractivity contribution in [1.29, 1.82) is 0 Å². The van der Waals surface area contributed by atoms with Crippen LogP contribution in [0, 0.1) is 10.1 Å². The molecule has 122 valence electrons. The molecule has 0 spiro atoms. The minimum absolute atomic E-state index is 0.0382. The topological polar surface area (TPSA) is 80.5 Å². The van der Waals surface area contributed by atoms with Gasteiger partial charge in [0.1, 0.15) is 0 Å². The lowest BCUT2D eigenvalue weighted by Crippen LogP contribution is -2.31. The summed E-state index contributed by atoms with van der Waals surface area (Å²) in [5, 5.41) is 12.6. The molecule has 0 radical (unpaired) electrons. The summed E-state index contributed by atoms with van der Waals surface area (Å²) in [5.74, 6) is -0.132. The highest BCUT2D eigenvalue weighted by molar-refractivity contribution is 7.88. The summed E-state index contributed by atoms with van der Waals surface area (Å²) in [6, 6.07) is 9.50. The van der Waals surface area contributed by atoms with Gasteiger partial charge in [0, 0.05) is 23.6 Å². The molecule has 0 amide bonds. The van der Waals surface area contributed by atoms with Crippen molar-refractivity contribution in [3.63, 3.8) is 0 Å². The maximum absolute atomic E-state index is 12.7. The molecule has 0 N–H and O–H groups in total. The third-order valence-electron chi connectivity index (χ3n) is 3.93. The largest absolute Gasteiger partial charge is 0.269 e. The van der Waals surface area contributed by atoms with Gasteiger partial charge in [0.15, 0.2) is 0 Å². The fourth-order valence-corrected chi connectivity index (χ4v) is 5.58. The maximum atomic E-state index is 12.7. The number of sulfonamides is 1. The van der Waals surface area contributed by atoms with Crippen molar-refractivity contribution in [2.75, 3.05) is 6.54 Å². The minimum atomic E-state index is -3.45. The van der Waals surface area contributed by atoms with Crippen LogP contribution in [-0.4, -0.2) is 24.2 Å². The van der Waals surface area contributed by atoms with E-state index in [1.54, 1.807) is 15.6 Å². The summed E-state index contributed by atoms with van der Waals surface area (Å²) in [5.41, 5.74) is 0.524. The third-order valence-corrected chi connectivity index (χ3v) is 6.75. The van der Waals surface area contributed by atoms with Crippen molar-refractivity contribution in [2.45, 2.75) is 24.6 Å². The highest BCUT2D eigenvalue weighted by Crippen LogP contribution is 2.37. The molecule has 1 aromatic heterocycles. The van der Waals surface area contributed by atoms with Gasteiger partial charge < -0.3 is 0 Å². The van der Waals surface area contributed by atoms with Gasteiger partial charge in [-0.25, -0.2) is 8.42 Å². The molecule has 1 unspecified atom stereocenters. The van der Waals surface area contributed by atoms with Crippen LogP contribution in [0.1, 0.15) is 29.3 Å². The number of nitro groups is 1. The molecule has 0 saturated carbocycles. The number of nitrogens with zero attached hydrogens (tertiary/aromatic N) is 2. The second-order valence-electron chi connectivity index (χ2n) is 5.46. The Labute approximate surface area is 138 Å². The number of thiophene rings is 1. The Morgan fingerprint density at radius 2 is 2.00 bits per heavy atom. The van der Waals surface area contributed by atoms with Crippen LogP contribution in [0.15, 0.2) is 41.8 Å². The predicted molar refractivity (Wildman–Crippen MR) is 88.7 cm³/mol. The van der Waals surface area contributed by atoms with Crippen LogP contribution >= 0.6 is 11.3 Å². The van der Waals surface area contributed by atoms with Crippen LogP contribution in [0.2, 0.25) is 0 Å². The van der Waals surface area contributed by atoms with E-state index >= 15 is 0 Å². The van der Waals surface area contributed by atoms with Gasteiger partial charge >= 0.3 is 0 Å². The fourth-order valence-electron chi connectivity index (χ4n) is 2.85. The van der Waals surface area contributed by atoms with Crippen molar-refractivity contribution in [3.05, 3.63) is 62.3 Å². The van der Waals surface area contributed by atoms with Crippen LogP contribution in [0.3, 0.4) is 0 Å². The molecule has 3 rings (SSSR count). The monoisotopic (exact) mass is 352 g/mol. The average molecular weight is 352 g/mol. The smallest absolute Gasteiger partial charge is 0.258 e. The second-order valence-corrected chi connectivity index (χ2v) is 8.36. The van der Waals surface area contributed by atoms with E-state index in [9.17, 15) is 18.5 Å². The first-order valence-electron chi connectivity index (χ1n) is 7.23. The van der Waals surface area contributed by atoms with Crippen LogP contribution in [0.5, 0.6) is 0 Å². The number of hydrogen-bond donors (Lipinski definition) is 0. The van der Waals surface area contributed by atoms with Gasteiger partial charge in [0.2, 0.25) is 10.0 Å². The van der Waals surface area contributed by atoms with Gasteiger partial charge in [-0.1, -0.05) is 18.2 Å². The van der Waals surface area contributed by atoms with E-state index in [4.69, 9.17) is 0 Å². The van der Waals surface area contributed by atoms with E-state index in [1.807, 2.05) is 17.5 Å². The minimum Gasteiger partial charge on any atom is -0.258 e. The van der Waals surface area contributed by atoms with Crippen LogP contribution in [0.25, 0.3) is 0 Å². The van der Waals surface area contributed by atoms with Crippen molar-refractivity contribution < 1.29 is 13.3 Å². The Bertz CT molecular complexity index is 785. The normalized spacial score (nSPS) is 19.0. The van der Waals surface area contributed by atoms with Crippen molar-refractivity contribution in [3.8, 4) is 0 Å². The number of nitro benzene ring substituents is 1. The number of hydrogen-bond acceptors (Lipinski definition) is 5. The zero-order valence-corrected chi connectivity index (χ0v) is 13.9. The standard InChI is InChI=1S/C15H16N2O4S2/c18-17(19)13-7-5-12(6-8-13)11-23(20,21)16-9-1-3-14(16)15-4-2-10-22-15/h2,4-8,10,14H,1,3,9,11H2.